The van der Waals surface area contributed by atoms with E-state index in [1.165, 1.54) is 10.4 Å². The SMILES string of the molecule is Cc1ccc(-c2cc(C(=O)N3CCN(Cc4cccs4)CC3)c3c(C)nn(C)c3n2)cc1. The summed E-state index contributed by atoms with van der Waals surface area (Å²) in [7, 11) is 1.89. The Hall–Kier alpha value is -3.03. The molecule has 4 aromatic rings. The molecule has 6 nitrogen and oxygen atoms in total. The van der Waals surface area contributed by atoms with E-state index in [0.717, 1.165) is 60.7 Å². The third-order valence-electron chi connectivity index (χ3n) is 6.17. The van der Waals surface area contributed by atoms with Gasteiger partial charge < -0.3 is 4.90 Å². The Morgan fingerprint density at radius 1 is 1.06 bits per heavy atom. The van der Waals surface area contributed by atoms with Crippen LogP contribution in [0.2, 0.25) is 0 Å². The van der Waals surface area contributed by atoms with Crippen LogP contribution in [-0.2, 0) is 13.6 Å². The number of hydrogen-bond donors (Lipinski definition) is 0. The molecule has 0 N–H and O–H groups in total. The zero-order valence-corrected chi connectivity index (χ0v) is 19.5. The number of aromatic nitrogens is 3. The molecule has 0 aliphatic carbocycles. The zero-order valence-electron chi connectivity index (χ0n) is 18.7. The molecule has 0 atom stereocenters. The Balaban J connectivity index is 1.45. The lowest BCUT2D eigenvalue weighted by Gasteiger charge is -2.34. The maximum absolute atomic E-state index is 13.7. The molecule has 1 aliphatic heterocycles. The van der Waals surface area contributed by atoms with E-state index in [-0.39, 0.29) is 5.91 Å². The van der Waals surface area contributed by atoms with Gasteiger partial charge in [0.1, 0.15) is 0 Å². The topological polar surface area (TPSA) is 54.3 Å². The van der Waals surface area contributed by atoms with Crippen molar-refractivity contribution in [1.29, 1.82) is 0 Å². The van der Waals surface area contributed by atoms with Crippen molar-refractivity contribution in [3.8, 4) is 11.3 Å². The van der Waals surface area contributed by atoms with E-state index in [9.17, 15) is 4.79 Å². The van der Waals surface area contributed by atoms with E-state index in [1.807, 2.05) is 24.9 Å². The van der Waals surface area contributed by atoms with Gasteiger partial charge in [-0.05, 0) is 31.4 Å². The van der Waals surface area contributed by atoms with Gasteiger partial charge in [-0.3, -0.25) is 14.4 Å². The number of piperazine rings is 1. The minimum atomic E-state index is 0.0673. The van der Waals surface area contributed by atoms with Crippen LogP contribution in [0.5, 0.6) is 0 Å². The van der Waals surface area contributed by atoms with Crippen LogP contribution in [0.15, 0.2) is 47.8 Å². The summed E-state index contributed by atoms with van der Waals surface area (Å²) >= 11 is 1.79. The normalized spacial score (nSPS) is 14.9. The quantitative estimate of drug-likeness (QED) is 0.471. The highest BCUT2D eigenvalue weighted by Crippen LogP contribution is 2.28. The van der Waals surface area contributed by atoms with Gasteiger partial charge in [-0.1, -0.05) is 35.9 Å². The van der Waals surface area contributed by atoms with E-state index >= 15 is 0 Å². The molecule has 5 rings (SSSR count). The molecule has 4 heterocycles. The number of carbonyl (C=O) groups excluding carboxylic acids is 1. The van der Waals surface area contributed by atoms with Crippen LogP contribution in [0, 0.1) is 13.8 Å². The van der Waals surface area contributed by atoms with Crippen molar-refractivity contribution in [2.45, 2.75) is 20.4 Å². The van der Waals surface area contributed by atoms with E-state index in [2.05, 4.69) is 58.7 Å². The molecule has 1 aromatic carbocycles. The molecule has 0 spiro atoms. The fraction of sp³-hybridized carbons (Fsp3) is 0.320. The molecule has 1 aliphatic rings. The van der Waals surface area contributed by atoms with Crippen molar-refractivity contribution in [3.05, 3.63) is 69.5 Å². The summed E-state index contributed by atoms with van der Waals surface area (Å²) in [6.07, 6.45) is 0. The average molecular weight is 446 g/mol. The number of benzene rings is 1. The Morgan fingerprint density at radius 3 is 2.50 bits per heavy atom. The standard InChI is InChI=1S/C25H27N5OS/c1-17-6-8-19(9-7-17)22-15-21(23-18(2)27-28(3)24(23)26-22)25(31)30-12-10-29(11-13-30)16-20-5-4-14-32-20/h4-9,14-15H,10-13,16H2,1-3H3. The van der Waals surface area contributed by atoms with Crippen LogP contribution in [0.3, 0.4) is 0 Å². The number of hydrogen-bond acceptors (Lipinski definition) is 5. The molecular formula is C25H27N5OS. The van der Waals surface area contributed by atoms with Gasteiger partial charge >= 0.3 is 0 Å². The highest BCUT2D eigenvalue weighted by Gasteiger charge is 2.26. The summed E-state index contributed by atoms with van der Waals surface area (Å²) in [4.78, 5) is 24.3. The molecule has 7 heteroatoms. The van der Waals surface area contributed by atoms with Crippen LogP contribution in [0.1, 0.15) is 26.5 Å². The van der Waals surface area contributed by atoms with Crippen LogP contribution in [0.25, 0.3) is 22.3 Å². The number of pyridine rings is 1. The molecule has 3 aromatic heterocycles. The highest BCUT2D eigenvalue weighted by atomic mass is 32.1. The number of amides is 1. The predicted octanol–water partition coefficient (Wildman–Crippen LogP) is 4.27. The smallest absolute Gasteiger partial charge is 0.254 e. The minimum Gasteiger partial charge on any atom is -0.336 e. The predicted molar refractivity (Wildman–Crippen MR) is 129 cm³/mol. The van der Waals surface area contributed by atoms with Gasteiger partial charge in [-0.2, -0.15) is 5.10 Å². The molecule has 1 fully saturated rings. The molecule has 0 bridgehead atoms. The lowest BCUT2D eigenvalue weighted by atomic mass is 10.0. The summed E-state index contributed by atoms with van der Waals surface area (Å²) < 4.78 is 1.78. The number of carbonyl (C=O) groups is 1. The summed E-state index contributed by atoms with van der Waals surface area (Å²) in [5.74, 6) is 0.0673. The van der Waals surface area contributed by atoms with Crippen molar-refractivity contribution in [1.82, 2.24) is 24.6 Å². The van der Waals surface area contributed by atoms with E-state index in [0.29, 0.717) is 5.56 Å². The van der Waals surface area contributed by atoms with Gasteiger partial charge in [0.15, 0.2) is 5.65 Å². The first kappa shape index (κ1) is 20.8. The van der Waals surface area contributed by atoms with Gasteiger partial charge in [-0.15, -0.1) is 11.3 Å². The molecule has 1 amide bonds. The van der Waals surface area contributed by atoms with Gasteiger partial charge in [0, 0.05) is 50.2 Å². The average Bonchev–Trinajstić information content (AvgIpc) is 3.41. The Morgan fingerprint density at radius 2 is 1.81 bits per heavy atom. The second-order valence-electron chi connectivity index (χ2n) is 8.48. The maximum Gasteiger partial charge on any atom is 0.254 e. The van der Waals surface area contributed by atoms with Crippen molar-refractivity contribution < 1.29 is 4.79 Å². The fourth-order valence-corrected chi connectivity index (χ4v) is 5.13. The molecule has 32 heavy (non-hydrogen) atoms. The van der Waals surface area contributed by atoms with Crippen molar-refractivity contribution in [2.24, 2.45) is 7.05 Å². The molecule has 1 saturated heterocycles. The number of rotatable bonds is 4. The molecule has 0 unspecified atom stereocenters. The Labute approximate surface area is 192 Å². The summed E-state index contributed by atoms with van der Waals surface area (Å²) in [5.41, 5.74) is 5.29. The van der Waals surface area contributed by atoms with E-state index in [4.69, 9.17) is 4.98 Å². The Bertz CT molecular complexity index is 1250. The highest BCUT2D eigenvalue weighted by molar-refractivity contribution is 7.09. The molecule has 0 saturated carbocycles. The zero-order chi connectivity index (χ0) is 22.2. The third-order valence-corrected chi connectivity index (χ3v) is 7.03. The van der Waals surface area contributed by atoms with Gasteiger partial charge in [0.05, 0.1) is 22.3 Å². The molecule has 164 valence electrons. The van der Waals surface area contributed by atoms with Crippen LogP contribution in [0.4, 0.5) is 0 Å². The van der Waals surface area contributed by atoms with Gasteiger partial charge in [0.25, 0.3) is 5.91 Å². The first-order valence-electron chi connectivity index (χ1n) is 10.9. The summed E-state index contributed by atoms with van der Waals surface area (Å²) in [6, 6.07) is 14.5. The van der Waals surface area contributed by atoms with E-state index in [1.54, 1.807) is 16.0 Å². The monoisotopic (exact) mass is 445 g/mol. The lowest BCUT2D eigenvalue weighted by molar-refractivity contribution is 0.0631. The van der Waals surface area contributed by atoms with Gasteiger partial charge in [0.2, 0.25) is 0 Å². The van der Waals surface area contributed by atoms with Crippen molar-refractivity contribution in [3.63, 3.8) is 0 Å². The van der Waals surface area contributed by atoms with E-state index < -0.39 is 0 Å². The minimum absolute atomic E-state index is 0.0673. The number of nitrogens with zero attached hydrogens (tertiary/aromatic N) is 5. The number of thiophene rings is 1. The van der Waals surface area contributed by atoms with Crippen LogP contribution >= 0.6 is 11.3 Å². The second-order valence-corrected chi connectivity index (χ2v) is 9.51. The third kappa shape index (κ3) is 3.94. The lowest BCUT2D eigenvalue weighted by Crippen LogP contribution is -2.48. The number of fused-ring (bicyclic) bond motifs is 1. The first-order valence-corrected chi connectivity index (χ1v) is 11.8. The fourth-order valence-electron chi connectivity index (χ4n) is 4.39. The van der Waals surface area contributed by atoms with Crippen molar-refractivity contribution in [2.75, 3.05) is 26.2 Å². The molecular weight excluding hydrogens is 418 g/mol. The van der Waals surface area contributed by atoms with Crippen molar-refractivity contribution >= 4 is 28.3 Å². The maximum atomic E-state index is 13.7. The first-order chi connectivity index (χ1) is 15.5. The van der Waals surface area contributed by atoms with Crippen LogP contribution in [-0.4, -0.2) is 56.7 Å². The van der Waals surface area contributed by atoms with Crippen LogP contribution < -0.4 is 0 Å². The summed E-state index contributed by atoms with van der Waals surface area (Å²) in [5, 5.41) is 7.53. The second kappa shape index (κ2) is 8.48. The van der Waals surface area contributed by atoms with Gasteiger partial charge in [-0.25, -0.2) is 4.98 Å². The molecule has 0 radical (unpaired) electrons. The summed E-state index contributed by atoms with van der Waals surface area (Å²) in [6.45, 7) is 8.20. The number of aryl methyl sites for hydroxylation is 3. The largest absolute Gasteiger partial charge is 0.336 e. The Kier molecular flexibility index (Phi) is 5.53.